The van der Waals surface area contributed by atoms with E-state index in [0.29, 0.717) is 19.3 Å². The molecule has 2 N–H and O–H groups in total. The van der Waals surface area contributed by atoms with Gasteiger partial charge in [-0.2, -0.15) is 0 Å². The molecule has 2 rings (SSSR count). The van der Waals surface area contributed by atoms with Gasteiger partial charge in [0.15, 0.2) is 0 Å². The third kappa shape index (κ3) is 4.61. The molecular weight excluding hydrogens is 244 g/mol. The second kappa shape index (κ2) is 7.21. The lowest BCUT2D eigenvalue weighted by Gasteiger charge is -2.11. The summed E-state index contributed by atoms with van der Waals surface area (Å²) in [5, 5.41) is 12.0. The molecule has 0 unspecified atom stereocenters. The van der Waals surface area contributed by atoms with Crippen molar-refractivity contribution >= 4 is 5.97 Å². The Hall–Kier alpha value is -1.46. The van der Waals surface area contributed by atoms with Crippen molar-refractivity contribution in [2.24, 2.45) is 0 Å². The maximum Gasteiger partial charge on any atom is 0.354 e. The van der Waals surface area contributed by atoms with Crippen molar-refractivity contribution in [3.05, 3.63) is 29.6 Å². The van der Waals surface area contributed by atoms with Crippen molar-refractivity contribution in [1.82, 2.24) is 10.3 Å². The molecule has 0 saturated heterocycles. The van der Waals surface area contributed by atoms with Gasteiger partial charge in [0.1, 0.15) is 5.69 Å². The number of hydrogen-bond donors (Lipinski definition) is 2. The molecule has 1 saturated carbocycles. The molecule has 0 aromatic carbocycles. The van der Waals surface area contributed by atoms with Gasteiger partial charge in [-0.15, -0.1) is 0 Å². The highest BCUT2D eigenvalue weighted by atomic mass is 16.5. The van der Waals surface area contributed by atoms with Crippen LogP contribution >= 0.6 is 0 Å². The molecule has 1 aromatic rings. The van der Waals surface area contributed by atoms with Gasteiger partial charge < -0.3 is 15.2 Å². The summed E-state index contributed by atoms with van der Waals surface area (Å²) in [7, 11) is 0. The van der Waals surface area contributed by atoms with Crippen LogP contribution in [-0.2, 0) is 11.3 Å². The maximum atomic E-state index is 10.8. The van der Waals surface area contributed by atoms with E-state index in [1.807, 2.05) is 6.07 Å². The summed E-state index contributed by atoms with van der Waals surface area (Å²) >= 11 is 0. The van der Waals surface area contributed by atoms with Gasteiger partial charge in [-0.1, -0.05) is 18.9 Å². The first-order valence-corrected chi connectivity index (χ1v) is 6.77. The minimum atomic E-state index is -0.994. The van der Waals surface area contributed by atoms with Crippen LogP contribution < -0.4 is 5.32 Å². The zero-order chi connectivity index (χ0) is 13.5. The lowest BCUT2D eigenvalue weighted by Crippen LogP contribution is -2.22. The highest BCUT2D eigenvalue weighted by molar-refractivity contribution is 5.85. The first-order valence-electron chi connectivity index (χ1n) is 6.77. The molecule has 5 nitrogen and oxygen atoms in total. The SMILES string of the molecule is O=C(O)c1cccc(CNCCOC2CCCC2)n1. The molecule has 1 aromatic heterocycles. The van der Waals surface area contributed by atoms with Crippen molar-refractivity contribution in [1.29, 1.82) is 0 Å². The van der Waals surface area contributed by atoms with Crippen LogP contribution in [-0.4, -0.2) is 35.3 Å². The average Bonchev–Trinajstić information content (AvgIpc) is 2.92. The molecule has 1 aliphatic carbocycles. The third-order valence-corrected chi connectivity index (χ3v) is 3.27. The van der Waals surface area contributed by atoms with Crippen molar-refractivity contribution in [3.63, 3.8) is 0 Å². The molecule has 0 amide bonds. The normalized spacial score (nSPS) is 15.8. The van der Waals surface area contributed by atoms with Crippen LogP contribution in [0.2, 0.25) is 0 Å². The fraction of sp³-hybridized carbons (Fsp3) is 0.571. The number of rotatable bonds is 7. The summed E-state index contributed by atoms with van der Waals surface area (Å²) in [5.74, 6) is -0.994. The number of nitrogens with one attached hydrogen (secondary N) is 1. The van der Waals surface area contributed by atoms with E-state index in [9.17, 15) is 4.79 Å². The Kier molecular flexibility index (Phi) is 5.30. The van der Waals surface area contributed by atoms with Crippen molar-refractivity contribution in [2.75, 3.05) is 13.2 Å². The molecule has 5 heteroatoms. The molecule has 0 radical (unpaired) electrons. The summed E-state index contributed by atoms with van der Waals surface area (Å²) in [6.45, 7) is 2.02. The first-order chi connectivity index (χ1) is 9.25. The van der Waals surface area contributed by atoms with Crippen LogP contribution in [0, 0.1) is 0 Å². The molecule has 0 aliphatic heterocycles. The summed E-state index contributed by atoms with van der Waals surface area (Å²) in [4.78, 5) is 14.8. The van der Waals surface area contributed by atoms with E-state index >= 15 is 0 Å². The smallest absolute Gasteiger partial charge is 0.354 e. The van der Waals surface area contributed by atoms with Gasteiger partial charge in [-0.05, 0) is 25.0 Å². The van der Waals surface area contributed by atoms with Gasteiger partial charge >= 0.3 is 5.97 Å². The van der Waals surface area contributed by atoms with Crippen LogP contribution in [0.15, 0.2) is 18.2 Å². The number of pyridine rings is 1. The Morgan fingerprint density at radius 2 is 2.21 bits per heavy atom. The second-order valence-corrected chi connectivity index (χ2v) is 4.77. The number of carboxylic acid groups (broad SMARTS) is 1. The molecule has 0 atom stereocenters. The Labute approximate surface area is 113 Å². The zero-order valence-corrected chi connectivity index (χ0v) is 11.0. The molecule has 1 fully saturated rings. The Morgan fingerprint density at radius 3 is 2.95 bits per heavy atom. The second-order valence-electron chi connectivity index (χ2n) is 4.77. The van der Waals surface area contributed by atoms with E-state index in [1.165, 1.54) is 31.7 Å². The summed E-state index contributed by atoms with van der Waals surface area (Å²) < 4.78 is 5.73. The highest BCUT2D eigenvalue weighted by Gasteiger charge is 2.14. The number of carboxylic acids is 1. The van der Waals surface area contributed by atoms with E-state index < -0.39 is 5.97 Å². The Morgan fingerprint density at radius 1 is 1.42 bits per heavy atom. The lowest BCUT2D eigenvalue weighted by molar-refractivity contribution is 0.0602. The van der Waals surface area contributed by atoms with Crippen molar-refractivity contribution in [3.8, 4) is 0 Å². The highest BCUT2D eigenvalue weighted by Crippen LogP contribution is 2.20. The third-order valence-electron chi connectivity index (χ3n) is 3.27. The topological polar surface area (TPSA) is 71.5 Å². The molecule has 0 spiro atoms. The molecule has 19 heavy (non-hydrogen) atoms. The molecular formula is C14H20N2O3. The van der Waals surface area contributed by atoms with Crippen LogP contribution in [0.1, 0.15) is 41.9 Å². The summed E-state index contributed by atoms with van der Waals surface area (Å²) in [6, 6.07) is 5.02. The van der Waals surface area contributed by atoms with E-state index in [1.54, 1.807) is 6.07 Å². The Bertz CT molecular complexity index is 417. The molecule has 0 bridgehead atoms. The van der Waals surface area contributed by atoms with Crippen LogP contribution in [0.3, 0.4) is 0 Å². The number of hydrogen-bond acceptors (Lipinski definition) is 4. The van der Waals surface area contributed by atoms with E-state index in [2.05, 4.69) is 10.3 Å². The lowest BCUT2D eigenvalue weighted by atomic mass is 10.3. The van der Waals surface area contributed by atoms with Crippen molar-refractivity contribution in [2.45, 2.75) is 38.3 Å². The molecule has 104 valence electrons. The molecule has 1 aliphatic rings. The zero-order valence-electron chi connectivity index (χ0n) is 11.0. The fourth-order valence-corrected chi connectivity index (χ4v) is 2.27. The van der Waals surface area contributed by atoms with Crippen LogP contribution in [0.4, 0.5) is 0 Å². The predicted molar refractivity (Wildman–Crippen MR) is 71.1 cm³/mol. The quantitative estimate of drug-likeness (QED) is 0.735. The van der Waals surface area contributed by atoms with Gasteiger partial charge in [0.2, 0.25) is 0 Å². The minimum Gasteiger partial charge on any atom is -0.477 e. The minimum absolute atomic E-state index is 0.0847. The first kappa shape index (κ1) is 14.0. The van der Waals surface area contributed by atoms with Gasteiger partial charge in [0, 0.05) is 13.1 Å². The summed E-state index contributed by atoms with van der Waals surface area (Å²) in [5.41, 5.74) is 0.822. The number of ether oxygens (including phenoxy) is 1. The number of carbonyl (C=O) groups is 1. The van der Waals surface area contributed by atoms with Gasteiger partial charge in [-0.3, -0.25) is 0 Å². The average molecular weight is 264 g/mol. The monoisotopic (exact) mass is 264 g/mol. The number of aromatic carboxylic acids is 1. The van der Waals surface area contributed by atoms with Gasteiger partial charge in [0.05, 0.1) is 18.4 Å². The predicted octanol–water partition coefficient (Wildman–Crippen LogP) is 1.83. The maximum absolute atomic E-state index is 10.8. The fourth-order valence-electron chi connectivity index (χ4n) is 2.27. The van der Waals surface area contributed by atoms with Crippen LogP contribution in [0.5, 0.6) is 0 Å². The van der Waals surface area contributed by atoms with Gasteiger partial charge in [0.25, 0.3) is 0 Å². The van der Waals surface area contributed by atoms with E-state index in [4.69, 9.17) is 9.84 Å². The standard InChI is InChI=1S/C14H20N2O3/c17-14(18)13-7-3-4-11(16-13)10-15-8-9-19-12-5-1-2-6-12/h3-4,7,12,15H,1-2,5-6,8-10H2,(H,17,18). The number of nitrogens with zero attached hydrogens (tertiary/aromatic N) is 1. The van der Waals surface area contributed by atoms with E-state index in [0.717, 1.165) is 12.2 Å². The van der Waals surface area contributed by atoms with Crippen molar-refractivity contribution < 1.29 is 14.6 Å². The molecule has 1 heterocycles. The van der Waals surface area contributed by atoms with Crippen LogP contribution in [0.25, 0.3) is 0 Å². The largest absolute Gasteiger partial charge is 0.477 e. The Balaban J connectivity index is 1.64. The van der Waals surface area contributed by atoms with Gasteiger partial charge in [-0.25, -0.2) is 9.78 Å². The number of aromatic nitrogens is 1. The van der Waals surface area contributed by atoms with E-state index in [-0.39, 0.29) is 5.69 Å². The summed E-state index contributed by atoms with van der Waals surface area (Å²) in [6.07, 6.45) is 5.37.